The Balaban J connectivity index is 2.11. The van der Waals surface area contributed by atoms with Crippen LogP contribution in [0.4, 0.5) is 0 Å². The van der Waals surface area contributed by atoms with E-state index in [1.54, 1.807) is 5.57 Å². The highest BCUT2D eigenvalue weighted by atomic mass is 14.2. The van der Waals surface area contributed by atoms with Crippen molar-refractivity contribution in [1.29, 1.82) is 0 Å². The molecule has 1 fully saturated rings. The summed E-state index contributed by atoms with van der Waals surface area (Å²) in [5.74, 6) is 0.836. The van der Waals surface area contributed by atoms with Crippen molar-refractivity contribution in [3.8, 4) is 0 Å². The number of hydrogen-bond donors (Lipinski definition) is 0. The van der Waals surface area contributed by atoms with Gasteiger partial charge in [0.25, 0.3) is 0 Å². The second-order valence-corrected chi connectivity index (χ2v) is 3.33. The van der Waals surface area contributed by atoms with Crippen molar-refractivity contribution in [2.45, 2.75) is 32.1 Å². The number of allylic oxidation sites excluding steroid dienone is 4. The summed E-state index contributed by atoms with van der Waals surface area (Å²) in [6, 6.07) is 0. The zero-order valence-corrected chi connectivity index (χ0v) is 6.34. The Kier molecular flexibility index (Phi) is 1.62. The molecule has 0 spiro atoms. The first-order chi connectivity index (χ1) is 4.97. The molecule has 2 aliphatic carbocycles. The lowest BCUT2D eigenvalue weighted by Crippen LogP contribution is -1.93. The van der Waals surface area contributed by atoms with Gasteiger partial charge in [-0.3, -0.25) is 0 Å². The molecule has 0 radical (unpaired) electrons. The third-order valence-corrected chi connectivity index (χ3v) is 2.61. The summed E-state index contributed by atoms with van der Waals surface area (Å²) in [5.41, 5.74) is 1.69. The van der Waals surface area contributed by atoms with Crippen LogP contribution in [0.5, 0.6) is 0 Å². The smallest absolute Gasteiger partial charge is 0.00170 e. The van der Waals surface area contributed by atoms with Gasteiger partial charge in [-0.2, -0.15) is 0 Å². The second kappa shape index (κ2) is 2.61. The zero-order chi connectivity index (χ0) is 6.81. The lowest BCUT2D eigenvalue weighted by atomic mass is 9.98. The zero-order valence-electron chi connectivity index (χ0n) is 6.34. The summed E-state index contributed by atoms with van der Waals surface area (Å²) in [6.07, 6.45) is 14.0. The predicted molar refractivity (Wildman–Crippen MR) is 43.8 cm³/mol. The first kappa shape index (κ1) is 6.21. The summed E-state index contributed by atoms with van der Waals surface area (Å²) in [6.45, 7) is 0. The van der Waals surface area contributed by atoms with Gasteiger partial charge in [0, 0.05) is 0 Å². The largest absolute Gasteiger partial charge is 0.0773 e. The van der Waals surface area contributed by atoms with Crippen LogP contribution in [0.3, 0.4) is 0 Å². The van der Waals surface area contributed by atoms with Crippen LogP contribution in [-0.4, -0.2) is 0 Å². The fraction of sp³-hybridized carbons (Fsp3) is 0.600. The van der Waals surface area contributed by atoms with Gasteiger partial charge in [-0.15, -0.1) is 0 Å². The van der Waals surface area contributed by atoms with Crippen molar-refractivity contribution in [3.63, 3.8) is 0 Å². The molecular weight excluding hydrogens is 120 g/mol. The fourth-order valence-electron chi connectivity index (χ4n) is 1.98. The maximum Gasteiger partial charge on any atom is -0.00170 e. The number of rotatable bonds is 0. The van der Waals surface area contributed by atoms with E-state index in [1.807, 2.05) is 0 Å². The monoisotopic (exact) mass is 134 g/mol. The van der Waals surface area contributed by atoms with Crippen molar-refractivity contribution >= 4 is 0 Å². The van der Waals surface area contributed by atoms with Gasteiger partial charge in [-0.1, -0.05) is 36.6 Å². The van der Waals surface area contributed by atoms with Crippen molar-refractivity contribution in [1.82, 2.24) is 0 Å². The molecule has 0 N–H and O–H groups in total. The Hall–Kier alpha value is -0.520. The lowest BCUT2D eigenvalue weighted by molar-refractivity contribution is 0.647. The minimum atomic E-state index is 0.836. The summed E-state index contributed by atoms with van der Waals surface area (Å²) >= 11 is 0. The number of hydrogen-bond acceptors (Lipinski definition) is 0. The lowest BCUT2D eigenvalue weighted by Gasteiger charge is -2.07. The van der Waals surface area contributed by atoms with Crippen LogP contribution in [-0.2, 0) is 0 Å². The molecule has 54 valence electrons. The number of fused-ring (bicyclic) bond motifs is 1. The van der Waals surface area contributed by atoms with E-state index in [-0.39, 0.29) is 0 Å². The molecule has 0 saturated heterocycles. The second-order valence-electron chi connectivity index (χ2n) is 3.33. The molecule has 2 rings (SSSR count). The van der Waals surface area contributed by atoms with Gasteiger partial charge in [0.1, 0.15) is 0 Å². The first-order valence-electron chi connectivity index (χ1n) is 4.34. The van der Waals surface area contributed by atoms with Crippen molar-refractivity contribution in [3.05, 3.63) is 23.8 Å². The van der Waals surface area contributed by atoms with Gasteiger partial charge in [0.2, 0.25) is 0 Å². The topological polar surface area (TPSA) is 0 Å². The standard InChI is InChI=1S/C10H14/c1-2-5-9-7-4-8-10(9)6-3-1/h4,7-9H,1-3,5-6H2. The van der Waals surface area contributed by atoms with E-state index in [2.05, 4.69) is 18.2 Å². The SMILES string of the molecule is C1=CC2CCCCCC2=C1. The molecule has 0 heteroatoms. The molecule has 0 aromatic heterocycles. The van der Waals surface area contributed by atoms with E-state index in [0.717, 1.165) is 5.92 Å². The molecule has 0 aromatic carbocycles. The Morgan fingerprint density at radius 1 is 1.20 bits per heavy atom. The summed E-state index contributed by atoms with van der Waals surface area (Å²) < 4.78 is 0. The Labute approximate surface area is 62.6 Å². The van der Waals surface area contributed by atoms with Crippen molar-refractivity contribution < 1.29 is 0 Å². The van der Waals surface area contributed by atoms with E-state index < -0.39 is 0 Å². The van der Waals surface area contributed by atoms with E-state index in [9.17, 15) is 0 Å². The molecule has 0 bridgehead atoms. The summed E-state index contributed by atoms with van der Waals surface area (Å²) in [4.78, 5) is 0. The van der Waals surface area contributed by atoms with Crippen LogP contribution in [0, 0.1) is 5.92 Å². The normalized spacial score (nSPS) is 31.2. The van der Waals surface area contributed by atoms with Gasteiger partial charge in [-0.05, 0) is 25.2 Å². The minimum absolute atomic E-state index is 0.836. The maximum absolute atomic E-state index is 2.36. The minimum Gasteiger partial charge on any atom is -0.0773 e. The average Bonchev–Trinajstić information content (AvgIpc) is 2.28. The van der Waals surface area contributed by atoms with Crippen molar-refractivity contribution in [2.75, 3.05) is 0 Å². The van der Waals surface area contributed by atoms with Crippen LogP contribution >= 0.6 is 0 Å². The van der Waals surface area contributed by atoms with Crippen LogP contribution in [0.15, 0.2) is 23.8 Å². The Bertz CT molecular complexity index is 174. The van der Waals surface area contributed by atoms with E-state index in [4.69, 9.17) is 0 Å². The van der Waals surface area contributed by atoms with Gasteiger partial charge in [-0.25, -0.2) is 0 Å². The van der Waals surface area contributed by atoms with Gasteiger partial charge >= 0.3 is 0 Å². The molecule has 0 nitrogen and oxygen atoms in total. The molecule has 2 aliphatic rings. The van der Waals surface area contributed by atoms with E-state index >= 15 is 0 Å². The molecule has 0 amide bonds. The first-order valence-corrected chi connectivity index (χ1v) is 4.34. The highest BCUT2D eigenvalue weighted by molar-refractivity contribution is 5.27. The summed E-state index contributed by atoms with van der Waals surface area (Å²) in [7, 11) is 0. The highest BCUT2D eigenvalue weighted by Crippen LogP contribution is 2.32. The van der Waals surface area contributed by atoms with E-state index in [0.29, 0.717) is 0 Å². The molecule has 0 aliphatic heterocycles. The molecular formula is C10H14. The summed E-state index contributed by atoms with van der Waals surface area (Å²) in [5, 5.41) is 0. The van der Waals surface area contributed by atoms with Crippen LogP contribution in [0.25, 0.3) is 0 Å². The fourth-order valence-corrected chi connectivity index (χ4v) is 1.98. The molecule has 0 aromatic rings. The maximum atomic E-state index is 2.36. The van der Waals surface area contributed by atoms with Gasteiger partial charge in [0.05, 0.1) is 0 Å². The highest BCUT2D eigenvalue weighted by Gasteiger charge is 2.16. The average molecular weight is 134 g/mol. The van der Waals surface area contributed by atoms with Crippen molar-refractivity contribution in [2.24, 2.45) is 5.92 Å². The van der Waals surface area contributed by atoms with Gasteiger partial charge < -0.3 is 0 Å². The van der Waals surface area contributed by atoms with Crippen LogP contribution < -0.4 is 0 Å². The third-order valence-electron chi connectivity index (χ3n) is 2.61. The molecule has 1 unspecified atom stereocenters. The van der Waals surface area contributed by atoms with Crippen LogP contribution in [0.2, 0.25) is 0 Å². The molecule has 10 heavy (non-hydrogen) atoms. The van der Waals surface area contributed by atoms with E-state index in [1.165, 1.54) is 32.1 Å². The predicted octanol–water partition coefficient (Wildman–Crippen LogP) is 3.06. The Morgan fingerprint density at radius 2 is 2.20 bits per heavy atom. The molecule has 1 saturated carbocycles. The molecule has 0 heterocycles. The third kappa shape index (κ3) is 1.03. The molecule has 1 atom stereocenters. The van der Waals surface area contributed by atoms with Crippen LogP contribution in [0.1, 0.15) is 32.1 Å². The quantitative estimate of drug-likeness (QED) is 0.477. The Morgan fingerprint density at radius 3 is 3.20 bits per heavy atom. The van der Waals surface area contributed by atoms with Gasteiger partial charge in [0.15, 0.2) is 0 Å².